The maximum absolute atomic E-state index is 2.45. The SMILES string of the molecule is CC1[B]CC(N(C)C)CC1. The molecule has 1 radical (unpaired) electrons. The minimum Gasteiger partial charge on any atom is -0.307 e. The molecule has 0 spiro atoms. The van der Waals surface area contributed by atoms with Gasteiger partial charge in [-0.15, -0.1) is 0 Å². The summed E-state index contributed by atoms with van der Waals surface area (Å²) < 4.78 is 0. The van der Waals surface area contributed by atoms with E-state index in [4.69, 9.17) is 0 Å². The molecule has 2 unspecified atom stereocenters. The Morgan fingerprint density at radius 2 is 2.00 bits per heavy atom. The van der Waals surface area contributed by atoms with E-state index < -0.39 is 0 Å². The molecule has 0 aliphatic carbocycles. The predicted molar refractivity (Wildman–Crippen MR) is 46.7 cm³/mol. The van der Waals surface area contributed by atoms with Crippen LogP contribution in [0.25, 0.3) is 0 Å². The fourth-order valence-electron chi connectivity index (χ4n) is 1.55. The summed E-state index contributed by atoms with van der Waals surface area (Å²) in [5.74, 6) is 0.858. The summed E-state index contributed by atoms with van der Waals surface area (Å²) in [7, 11) is 6.80. The Morgan fingerprint density at radius 3 is 2.40 bits per heavy atom. The van der Waals surface area contributed by atoms with E-state index in [9.17, 15) is 0 Å². The van der Waals surface area contributed by atoms with Crippen LogP contribution in [0.1, 0.15) is 19.8 Å². The van der Waals surface area contributed by atoms with Crippen molar-refractivity contribution in [1.29, 1.82) is 0 Å². The molecule has 57 valence electrons. The number of hydrogen-bond acceptors (Lipinski definition) is 1. The first-order valence-corrected chi connectivity index (χ1v) is 4.20. The van der Waals surface area contributed by atoms with Crippen LogP contribution in [0.2, 0.25) is 12.1 Å². The number of rotatable bonds is 1. The molecule has 0 N–H and O–H groups in total. The van der Waals surface area contributed by atoms with Crippen molar-refractivity contribution in [1.82, 2.24) is 4.90 Å². The molecule has 2 heteroatoms. The average Bonchev–Trinajstić information content (AvgIpc) is 1.88. The van der Waals surface area contributed by atoms with Crippen LogP contribution in [0, 0.1) is 0 Å². The van der Waals surface area contributed by atoms with Crippen molar-refractivity contribution in [3.05, 3.63) is 0 Å². The Hall–Kier alpha value is 0.0249. The van der Waals surface area contributed by atoms with Crippen LogP contribution in [0.4, 0.5) is 0 Å². The van der Waals surface area contributed by atoms with Gasteiger partial charge in [-0.1, -0.05) is 25.5 Å². The van der Waals surface area contributed by atoms with Gasteiger partial charge in [-0.25, -0.2) is 0 Å². The van der Waals surface area contributed by atoms with Gasteiger partial charge in [0.1, 0.15) is 7.28 Å². The molecule has 1 aliphatic rings. The van der Waals surface area contributed by atoms with Crippen LogP contribution >= 0.6 is 0 Å². The zero-order chi connectivity index (χ0) is 7.56. The van der Waals surface area contributed by atoms with Crippen molar-refractivity contribution in [3.63, 3.8) is 0 Å². The second kappa shape index (κ2) is 3.43. The van der Waals surface area contributed by atoms with Crippen LogP contribution in [-0.2, 0) is 0 Å². The Balaban J connectivity index is 2.26. The third-order valence-corrected chi connectivity index (χ3v) is 2.50. The molecule has 0 saturated carbocycles. The number of hydrogen-bond donors (Lipinski definition) is 0. The van der Waals surface area contributed by atoms with E-state index in [1.54, 1.807) is 0 Å². The van der Waals surface area contributed by atoms with Crippen LogP contribution in [-0.4, -0.2) is 32.3 Å². The molecular weight excluding hydrogens is 121 g/mol. The molecule has 0 amide bonds. The molecule has 1 rings (SSSR count). The lowest BCUT2D eigenvalue weighted by Gasteiger charge is -2.30. The smallest absolute Gasteiger partial charge is 0.115 e. The van der Waals surface area contributed by atoms with E-state index in [1.165, 1.54) is 19.2 Å². The lowest BCUT2D eigenvalue weighted by atomic mass is 9.55. The average molecular weight is 138 g/mol. The molecule has 0 aromatic heterocycles. The highest BCUT2D eigenvalue weighted by Crippen LogP contribution is 2.24. The monoisotopic (exact) mass is 138 g/mol. The van der Waals surface area contributed by atoms with Gasteiger partial charge >= 0.3 is 0 Å². The fourth-order valence-corrected chi connectivity index (χ4v) is 1.55. The van der Waals surface area contributed by atoms with Crippen molar-refractivity contribution in [2.75, 3.05) is 14.1 Å². The first-order chi connectivity index (χ1) is 4.70. The minimum atomic E-state index is 0.816. The highest BCUT2D eigenvalue weighted by molar-refractivity contribution is 6.38. The third kappa shape index (κ3) is 2.01. The first kappa shape index (κ1) is 8.12. The van der Waals surface area contributed by atoms with Gasteiger partial charge in [0.15, 0.2) is 0 Å². The highest BCUT2D eigenvalue weighted by Gasteiger charge is 2.19. The molecule has 0 aromatic carbocycles. The minimum absolute atomic E-state index is 0.816. The summed E-state index contributed by atoms with van der Waals surface area (Å²) >= 11 is 0. The van der Waals surface area contributed by atoms with E-state index in [1.807, 2.05) is 0 Å². The summed E-state index contributed by atoms with van der Waals surface area (Å²) in [6.45, 7) is 2.31. The van der Waals surface area contributed by atoms with Crippen molar-refractivity contribution in [3.8, 4) is 0 Å². The maximum atomic E-state index is 2.45. The fraction of sp³-hybridized carbons (Fsp3) is 1.00. The molecule has 10 heavy (non-hydrogen) atoms. The topological polar surface area (TPSA) is 3.24 Å². The van der Waals surface area contributed by atoms with Gasteiger partial charge < -0.3 is 4.90 Å². The van der Waals surface area contributed by atoms with Gasteiger partial charge in [-0.05, 0) is 20.5 Å². The highest BCUT2D eigenvalue weighted by atomic mass is 15.1. The molecular formula is C8H17BN. The van der Waals surface area contributed by atoms with Gasteiger partial charge in [-0.3, -0.25) is 0 Å². The first-order valence-electron chi connectivity index (χ1n) is 4.20. The Labute approximate surface area is 65.0 Å². The molecule has 0 aromatic rings. The summed E-state index contributed by atoms with van der Waals surface area (Å²) in [5.41, 5.74) is 0. The largest absolute Gasteiger partial charge is 0.307 e. The van der Waals surface area contributed by atoms with E-state index in [-0.39, 0.29) is 0 Å². The summed E-state index contributed by atoms with van der Waals surface area (Å²) in [6.07, 6.45) is 4.04. The molecule has 1 nitrogen and oxygen atoms in total. The standard InChI is InChI=1S/C8H17BN/c1-7-4-5-8(6-9-7)10(2)3/h7-8H,4-6H2,1-3H3. The van der Waals surface area contributed by atoms with Crippen molar-refractivity contribution in [2.45, 2.75) is 37.9 Å². The Morgan fingerprint density at radius 1 is 1.30 bits per heavy atom. The zero-order valence-electron chi connectivity index (χ0n) is 7.30. The van der Waals surface area contributed by atoms with E-state index in [2.05, 4.69) is 33.2 Å². The normalized spacial score (nSPS) is 34.0. The number of nitrogens with zero attached hydrogens (tertiary/aromatic N) is 1. The molecule has 2 atom stereocenters. The van der Waals surface area contributed by atoms with Gasteiger partial charge in [0.05, 0.1) is 0 Å². The zero-order valence-corrected chi connectivity index (χ0v) is 7.30. The second-order valence-electron chi connectivity index (χ2n) is 3.64. The van der Waals surface area contributed by atoms with Crippen molar-refractivity contribution < 1.29 is 0 Å². The van der Waals surface area contributed by atoms with Gasteiger partial charge in [0, 0.05) is 6.04 Å². The van der Waals surface area contributed by atoms with Gasteiger partial charge in [0.2, 0.25) is 0 Å². The second-order valence-corrected chi connectivity index (χ2v) is 3.64. The van der Waals surface area contributed by atoms with Crippen LogP contribution < -0.4 is 0 Å². The summed E-state index contributed by atoms with van der Waals surface area (Å²) in [6, 6.07) is 0.816. The molecule has 1 heterocycles. The van der Waals surface area contributed by atoms with Gasteiger partial charge in [-0.2, -0.15) is 0 Å². The maximum Gasteiger partial charge on any atom is 0.115 e. The quantitative estimate of drug-likeness (QED) is 0.498. The van der Waals surface area contributed by atoms with Crippen LogP contribution in [0.15, 0.2) is 0 Å². The Kier molecular flexibility index (Phi) is 2.78. The lowest BCUT2D eigenvalue weighted by Crippen LogP contribution is -2.32. The van der Waals surface area contributed by atoms with Gasteiger partial charge in [0.25, 0.3) is 0 Å². The summed E-state index contributed by atoms with van der Waals surface area (Å²) in [4.78, 5) is 2.34. The van der Waals surface area contributed by atoms with E-state index >= 15 is 0 Å². The molecule has 0 bridgehead atoms. The van der Waals surface area contributed by atoms with E-state index in [0.29, 0.717) is 0 Å². The summed E-state index contributed by atoms with van der Waals surface area (Å²) in [5, 5.41) is 0. The Bertz CT molecular complexity index is 95.4. The predicted octanol–water partition coefficient (Wildman–Crippen LogP) is 1.64. The third-order valence-electron chi connectivity index (χ3n) is 2.50. The lowest BCUT2D eigenvalue weighted by molar-refractivity contribution is 0.284. The van der Waals surface area contributed by atoms with Crippen molar-refractivity contribution in [2.24, 2.45) is 0 Å². The molecule has 1 fully saturated rings. The van der Waals surface area contributed by atoms with Crippen molar-refractivity contribution >= 4 is 7.28 Å². The van der Waals surface area contributed by atoms with E-state index in [0.717, 1.165) is 11.9 Å². The van der Waals surface area contributed by atoms with Crippen LogP contribution in [0.3, 0.4) is 0 Å². The molecule has 1 aliphatic heterocycles. The van der Waals surface area contributed by atoms with Crippen LogP contribution in [0.5, 0.6) is 0 Å². The molecule has 1 saturated heterocycles.